The average Bonchev–Trinajstić information content (AvgIpc) is 2.28. The van der Waals surface area contributed by atoms with Crippen LogP contribution in [0.15, 0.2) is 18.2 Å². The van der Waals surface area contributed by atoms with Crippen molar-refractivity contribution in [2.45, 2.75) is 45.1 Å². The fraction of sp³-hybridized carbons (Fsp3) is 0.500. The second kappa shape index (κ2) is 5.72. The van der Waals surface area contributed by atoms with Crippen molar-refractivity contribution in [3.8, 4) is 0 Å². The van der Waals surface area contributed by atoms with Gasteiger partial charge in [-0.2, -0.15) is 0 Å². The number of rotatable bonds is 3. The van der Waals surface area contributed by atoms with Crippen LogP contribution in [0, 0.1) is 6.92 Å². The summed E-state index contributed by atoms with van der Waals surface area (Å²) < 4.78 is 0. The highest BCUT2D eigenvalue weighted by molar-refractivity contribution is 5.98. The Labute approximate surface area is 115 Å². The van der Waals surface area contributed by atoms with E-state index < -0.39 is 5.54 Å². The van der Waals surface area contributed by atoms with Crippen LogP contribution in [0.2, 0.25) is 0 Å². The van der Waals surface area contributed by atoms with Crippen molar-refractivity contribution in [2.75, 3.05) is 5.32 Å². The van der Waals surface area contributed by atoms with Crippen molar-refractivity contribution >= 4 is 24.0 Å². The molecule has 0 unspecified atom stereocenters. The Morgan fingerprint density at radius 1 is 1.44 bits per heavy atom. The zero-order valence-electron chi connectivity index (χ0n) is 11.0. The maximum Gasteiger partial charge on any atom is 0.244 e. The Bertz CT molecular complexity index is 441. The molecule has 0 heterocycles. The molecule has 4 heteroatoms. The van der Waals surface area contributed by atoms with E-state index in [0.29, 0.717) is 0 Å². The number of hydrogen-bond acceptors (Lipinski definition) is 2. The summed E-state index contributed by atoms with van der Waals surface area (Å²) in [6.45, 7) is 4.20. The van der Waals surface area contributed by atoms with E-state index in [-0.39, 0.29) is 18.3 Å². The first kappa shape index (κ1) is 15.0. The van der Waals surface area contributed by atoms with Crippen molar-refractivity contribution in [3.05, 3.63) is 29.3 Å². The lowest BCUT2D eigenvalue weighted by Crippen LogP contribution is -2.56. The van der Waals surface area contributed by atoms with Crippen LogP contribution in [0.25, 0.3) is 0 Å². The monoisotopic (exact) mass is 268 g/mol. The van der Waals surface area contributed by atoms with Gasteiger partial charge in [0.05, 0.1) is 5.54 Å². The van der Waals surface area contributed by atoms with Gasteiger partial charge in [-0.3, -0.25) is 4.79 Å². The van der Waals surface area contributed by atoms with E-state index in [0.717, 1.165) is 31.4 Å². The lowest BCUT2D eigenvalue weighted by atomic mass is 9.77. The van der Waals surface area contributed by atoms with Crippen LogP contribution in [0.1, 0.15) is 37.3 Å². The molecule has 2 rings (SSSR count). The Morgan fingerprint density at radius 2 is 2.11 bits per heavy atom. The Hall–Kier alpha value is -1.06. The standard InChI is InChI=1S/C14H20N2O.ClH/c1-3-11-9-12(6-5-10(11)2)16-13(17)14(15)7-4-8-14;/h5-6,9H,3-4,7-8,15H2,1-2H3,(H,16,17);1H. The molecule has 1 saturated carbocycles. The van der Waals surface area contributed by atoms with Gasteiger partial charge in [0.15, 0.2) is 0 Å². The normalized spacial score (nSPS) is 16.4. The minimum atomic E-state index is -0.628. The molecule has 1 aromatic carbocycles. The molecule has 3 nitrogen and oxygen atoms in total. The predicted octanol–water partition coefficient (Wildman–Crippen LogP) is 2.80. The van der Waals surface area contributed by atoms with Crippen LogP contribution in [0.5, 0.6) is 0 Å². The molecule has 1 aliphatic rings. The van der Waals surface area contributed by atoms with Crippen molar-refractivity contribution in [1.82, 2.24) is 0 Å². The topological polar surface area (TPSA) is 55.1 Å². The summed E-state index contributed by atoms with van der Waals surface area (Å²) >= 11 is 0. The third-order valence-corrected chi connectivity index (χ3v) is 3.69. The smallest absolute Gasteiger partial charge is 0.244 e. The molecular weight excluding hydrogens is 248 g/mol. The Morgan fingerprint density at radius 3 is 2.61 bits per heavy atom. The molecule has 0 aromatic heterocycles. The number of nitrogens with one attached hydrogen (secondary N) is 1. The summed E-state index contributed by atoms with van der Waals surface area (Å²) in [6.07, 6.45) is 3.62. The molecule has 18 heavy (non-hydrogen) atoms. The van der Waals surface area contributed by atoms with Gasteiger partial charge in [0.1, 0.15) is 0 Å². The first-order valence-electron chi connectivity index (χ1n) is 6.25. The van der Waals surface area contributed by atoms with Gasteiger partial charge in [-0.15, -0.1) is 12.4 Å². The molecule has 1 aromatic rings. The molecule has 100 valence electrons. The van der Waals surface area contributed by atoms with Gasteiger partial charge in [0.25, 0.3) is 0 Å². The van der Waals surface area contributed by atoms with Crippen LogP contribution in [0.3, 0.4) is 0 Å². The number of benzene rings is 1. The highest BCUT2D eigenvalue weighted by atomic mass is 35.5. The molecular formula is C14H21ClN2O. The van der Waals surface area contributed by atoms with Gasteiger partial charge >= 0.3 is 0 Å². The molecule has 0 saturated heterocycles. The van der Waals surface area contributed by atoms with E-state index in [1.165, 1.54) is 11.1 Å². The molecule has 0 bridgehead atoms. The number of hydrogen-bond donors (Lipinski definition) is 2. The number of halogens is 1. The molecule has 0 aliphatic heterocycles. The number of anilines is 1. The molecule has 0 radical (unpaired) electrons. The van der Waals surface area contributed by atoms with E-state index in [9.17, 15) is 4.79 Å². The first-order valence-corrected chi connectivity index (χ1v) is 6.25. The lowest BCUT2D eigenvalue weighted by Gasteiger charge is -2.36. The lowest BCUT2D eigenvalue weighted by molar-refractivity contribution is -0.123. The molecule has 0 spiro atoms. The van der Waals surface area contributed by atoms with Gasteiger partial charge in [0.2, 0.25) is 5.91 Å². The minimum Gasteiger partial charge on any atom is -0.324 e. The van der Waals surface area contributed by atoms with Crippen LogP contribution in [-0.2, 0) is 11.2 Å². The van der Waals surface area contributed by atoms with E-state index in [1.807, 2.05) is 18.2 Å². The highest BCUT2D eigenvalue weighted by Gasteiger charge is 2.40. The second-order valence-electron chi connectivity index (χ2n) is 4.96. The third kappa shape index (κ3) is 2.85. The number of carbonyl (C=O) groups is 1. The van der Waals surface area contributed by atoms with E-state index in [2.05, 4.69) is 19.2 Å². The van der Waals surface area contributed by atoms with E-state index in [4.69, 9.17) is 5.73 Å². The first-order chi connectivity index (χ1) is 8.05. The summed E-state index contributed by atoms with van der Waals surface area (Å²) in [4.78, 5) is 12.0. The highest BCUT2D eigenvalue weighted by Crippen LogP contribution is 2.30. The van der Waals surface area contributed by atoms with Crippen molar-refractivity contribution in [1.29, 1.82) is 0 Å². The van der Waals surface area contributed by atoms with Crippen LogP contribution < -0.4 is 11.1 Å². The van der Waals surface area contributed by atoms with Gasteiger partial charge in [0, 0.05) is 5.69 Å². The van der Waals surface area contributed by atoms with Gasteiger partial charge in [-0.1, -0.05) is 13.0 Å². The number of aryl methyl sites for hydroxylation is 2. The number of amides is 1. The zero-order chi connectivity index (χ0) is 12.5. The summed E-state index contributed by atoms with van der Waals surface area (Å²) in [5, 5.41) is 2.92. The maximum absolute atomic E-state index is 12.0. The second-order valence-corrected chi connectivity index (χ2v) is 4.96. The third-order valence-electron chi connectivity index (χ3n) is 3.69. The zero-order valence-corrected chi connectivity index (χ0v) is 11.8. The van der Waals surface area contributed by atoms with Gasteiger partial charge in [-0.25, -0.2) is 0 Å². The number of carbonyl (C=O) groups excluding carboxylic acids is 1. The molecule has 1 aliphatic carbocycles. The van der Waals surface area contributed by atoms with Crippen LogP contribution in [-0.4, -0.2) is 11.4 Å². The summed E-state index contributed by atoms with van der Waals surface area (Å²) in [5.41, 5.74) is 8.74. The molecule has 1 amide bonds. The molecule has 1 fully saturated rings. The summed E-state index contributed by atoms with van der Waals surface area (Å²) in [5.74, 6) is -0.0466. The molecule has 0 atom stereocenters. The van der Waals surface area contributed by atoms with Crippen LogP contribution in [0.4, 0.5) is 5.69 Å². The Kier molecular flexibility index (Phi) is 4.77. The predicted molar refractivity (Wildman–Crippen MR) is 77.2 cm³/mol. The molecule has 3 N–H and O–H groups in total. The minimum absolute atomic E-state index is 0. The number of nitrogens with two attached hydrogens (primary N) is 1. The van der Waals surface area contributed by atoms with Crippen molar-refractivity contribution < 1.29 is 4.79 Å². The van der Waals surface area contributed by atoms with Crippen molar-refractivity contribution in [3.63, 3.8) is 0 Å². The average molecular weight is 269 g/mol. The van der Waals surface area contributed by atoms with Crippen LogP contribution >= 0.6 is 12.4 Å². The summed E-state index contributed by atoms with van der Waals surface area (Å²) in [7, 11) is 0. The Balaban J connectivity index is 0.00000162. The largest absolute Gasteiger partial charge is 0.324 e. The van der Waals surface area contributed by atoms with Crippen molar-refractivity contribution in [2.24, 2.45) is 5.73 Å². The van der Waals surface area contributed by atoms with E-state index >= 15 is 0 Å². The SMILES string of the molecule is CCc1cc(NC(=O)C2(N)CCC2)ccc1C.Cl. The van der Waals surface area contributed by atoms with E-state index in [1.54, 1.807) is 0 Å². The quantitative estimate of drug-likeness (QED) is 0.886. The summed E-state index contributed by atoms with van der Waals surface area (Å²) in [6, 6.07) is 6.02. The maximum atomic E-state index is 12.0. The van der Waals surface area contributed by atoms with Gasteiger partial charge < -0.3 is 11.1 Å². The fourth-order valence-electron chi connectivity index (χ4n) is 2.17. The fourth-order valence-corrected chi connectivity index (χ4v) is 2.17. The van der Waals surface area contributed by atoms with Gasteiger partial charge in [-0.05, 0) is 55.9 Å².